The number of hydrogen-bond acceptors (Lipinski definition) is 5. The van der Waals surface area contributed by atoms with Gasteiger partial charge in [0.25, 0.3) is 0 Å². The van der Waals surface area contributed by atoms with E-state index in [1.54, 1.807) is 19.0 Å². The molecule has 0 radical (unpaired) electrons. The molecule has 6 nitrogen and oxygen atoms in total. The molecular formula is C19H21N3O3S. The number of benzene rings is 2. The van der Waals surface area contributed by atoms with Crippen molar-refractivity contribution in [1.82, 2.24) is 4.90 Å². The highest BCUT2D eigenvalue weighted by atomic mass is 32.2. The van der Waals surface area contributed by atoms with Crippen molar-refractivity contribution in [3.05, 3.63) is 59.7 Å². The van der Waals surface area contributed by atoms with Crippen LogP contribution < -0.4 is 5.32 Å². The number of rotatable bonds is 7. The first-order valence-corrected chi connectivity index (χ1v) is 9.73. The van der Waals surface area contributed by atoms with Crippen LogP contribution in [0.25, 0.3) is 0 Å². The Morgan fingerprint density at radius 2 is 1.69 bits per heavy atom. The zero-order valence-electron chi connectivity index (χ0n) is 14.8. The highest BCUT2D eigenvalue weighted by Crippen LogP contribution is 2.14. The zero-order valence-corrected chi connectivity index (χ0v) is 15.6. The van der Waals surface area contributed by atoms with E-state index in [2.05, 4.69) is 5.32 Å². The standard InChI is InChI=1S/C19H21N3O3S/c1-22(2)19(23)13-15-3-7-17(8-4-15)21-11-12-26(24,25)18-9-5-16(14-20)6-10-18/h3-10,21H,11-13H2,1-2H3. The molecule has 0 saturated carbocycles. The van der Waals surface area contributed by atoms with Gasteiger partial charge in [0.05, 0.1) is 28.7 Å². The first-order chi connectivity index (χ1) is 12.3. The Labute approximate surface area is 154 Å². The van der Waals surface area contributed by atoms with E-state index in [-0.39, 0.29) is 23.1 Å². The van der Waals surface area contributed by atoms with E-state index in [1.165, 1.54) is 24.3 Å². The fourth-order valence-electron chi connectivity index (χ4n) is 2.26. The first kappa shape index (κ1) is 19.5. The Morgan fingerprint density at radius 1 is 1.08 bits per heavy atom. The highest BCUT2D eigenvalue weighted by molar-refractivity contribution is 7.91. The van der Waals surface area contributed by atoms with Crippen LogP contribution in [0.4, 0.5) is 5.69 Å². The molecule has 1 amide bonds. The Hall–Kier alpha value is -2.85. The number of likely N-dealkylation sites (N-methyl/N-ethyl adjacent to an activating group) is 1. The molecule has 0 fully saturated rings. The smallest absolute Gasteiger partial charge is 0.226 e. The summed E-state index contributed by atoms with van der Waals surface area (Å²) in [5.74, 6) is -0.0287. The highest BCUT2D eigenvalue weighted by Gasteiger charge is 2.14. The molecule has 0 aliphatic heterocycles. The minimum Gasteiger partial charge on any atom is -0.384 e. The van der Waals surface area contributed by atoms with Crippen LogP contribution in [-0.4, -0.2) is 45.6 Å². The molecule has 2 aromatic rings. The number of nitrogens with one attached hydrogen (secondary N) is 1. The Bertz CT molecular complexity index is 897. The van der Waals surface area contributed by atoms with Crippen molar-refractivity contribution in [3.8, 4) is 6.07 Å². The summed E-state index contributed by atoms with van der Waals surface area (Å²) in [6.07, 6.45) is 0.334. The van der Waals surface area contributed by atoms with Gasteiger partial charge in [-0.2, -0.15) is 5.26 Å². The molecular weight excluding hydrogens is 350 g/mol. The van der Waals surface area contributed by atoms with Crippen LogP contribution >= 0.6 is 0 Å². The van der Waals surface area contributed by atoms with Gasteiger partial charge in [0, 0.05) is 26.3 Å². The van der Waals surface area contributed by atoms with E-state index in [0.29, 0.717) is 12.0 Å². The van der Waals surface area contributed by atoms with Crippen molar-refractivity contribution in [1.29, 1.82) is 5.26 Å². The molecule has 0 spiro atoms. The number of carbonyl (C=O) groups is 1. The second kappa shape index (κ2) is 8.50. The normalized spacial score (nSPS) is 10.8. The van der Waals surface area contributed by atoms with E-state index < -0.39 is 9.84 Å². The molecule has 0 saturated heterocycles. The van der Waals surface area contributed by atoms with E-state index in [4.69, 9.17) is 5.26 Å². The fraction of sp³-hybridized carbons (Fsp3) is 0.263. The predicted molar refractivity (Wildman–Crippen MR) is 101 cm³/mol. The molecule has 0 aliphatic rings. The number of hydrogen-bond donors (Lipinski definition) is 1. The van der Waals surface area contributed by atoms with E-state index in [0.717, 1.165) is 11.3 Å². The molecule has 0 unspecified atom stereocenters. The van der Waals surface area contributed by atoms with Gasteiger partial charge in [-0.1, -0.05) is 12.1 Å². The van der Waals surface area contributed by atoms with Gasteiger partial charge in [-0.15, -0.1) is 0 Å². The molecule has 0 aliphatic carbocycles. The number of amides is 1. The third-order valence-corrected chi connectivity index (χ3v) is 5.58. The van der Waals surface area contributed by atoms with Crippen LogP contribution in [0, 0.1) is 11.3 Å². The predicted octanol–water partition coefficient (Wildman–Crippen LogP) is 2.07. The minimum absolute atomic E-state index is 0.0271. The van der Waals surface area contributed by atoms with E-state index in [1.807, 2.05) is 30.3 Å². The van der Waals surface area contributed by atoms with E-state index >= 15 is 0 Å². The molecule has 2 aromatic carbocycles. The maximum atomic E-state index is 12.3. The van der Waals surface area contributed by atoms with Crippen LogP contribution in [-0.2, 0) is 21.1 Å². The largest absolute Gasteiger partial charge is 0.384 e. The lowest BCUT2D eigenvalue weighted by molar-refractivity contribution is -0.127. The van der Waals surface area contributed by atoms with Crippen LogP contribution in [0.1, 0.15) is 11.1 Å². The Balaban J connectivity index is 1.90. The molecule has 0 atom stereocenters. The Kier molecular flexibility index (Phi) is 6.36. The molecule has 0 aromatic heterocycles. The van der Waals surface area contributed by atoms with Crippen LogP contribution in [0.15, 0.2) is 53.4 Å². The third-order valence-electron chi connectivity index (χ3n) is 3.85. The lowest BCUT2D eigenvalue weighted by Crippen LogP contribution is -2.23. The first-order valence-electron chi connectivity index (χ1n) is 8.08. The molecule has 7 heteroatoms. The second-order valence-corrected chi connectivity index (χ2v) is 8.15. The van der Waals surface area contributed by atoms with Gasteiger partial charge in [0.15, 0.2) is 9.84 Å². The van der Waals surface area contributed by atoms with Gasteiger partial charge < -0.3 is 10.2 Å². The fourth-order valence-corrected chi connectivity index (χ4v) is 3.41. The number of carbonyl (C=O) groups excluding carboxylic acids is 1. The summed E-state index contributed by atoms with van der Waals surface area (Å²) in [7, 11) is 0.0186. The molecule has 26 heavy (non-hydrogen) atoms. The quantitative estimate of drug-likeness (QED) is 0.805. The summed E-state index contributed by atoms with van der Waals surface area (Å²) in [6, 6.07) is 15.2. The van der Waals surface area contributed by atoms with Gasteiger partial charge in [-0.05, 0) is 42.0 Å². The lowest BCUT2D eigenvalue weighted by Gasteiger charge is -2.11. The van der Waals surface area contributed by atoms with Crippen molar-refractivity contribution in [3.63, 3.8) is 0 Å². The number of nitriles is 1. The molecule has 1 N–H and O–H groups in total. The third kappa shape index (κ3) is 5.33. The van der Waals surface area contributed by atoms with Crippen molar-refractivity contribution in [2.75, 3.05) is 31.7 Å². The SMILES string of the molecule is CN(C)C(=O)Cc1ccc(NCCS(=O)(=O)c2ccc(C#N)cc2)cc1. The summed E-state index contributed by atoms with van der Waals surface area (Å²) in [4.78, 5) is 13.4. The summed E-state index contributed by atoms with van der Waals surface area (Å²) < 4.78 is 24.6. The summed E-state index contributed by atoms with van der Waals surface area (Å²) in [5.41, 5.74) is 2.12. The maximum Gasteiger partial charge on any atom is 0.226 e. The van der Waals surface area contributed by atoms with Gasteiger partial charge >= 0.3 is 0 Å². The molecule has 136 valence electrons. The van der Waals surface area contributed by atoms with Crippen LogP contribution in [0.3, 0.4) is 0 Å². The average Bonchev–Trinajstić information content (AvgIpc) is 2.63. The van der Waals surface area contributed by atoms with Crippen molar-refractivity contribution in [2.24, 2.45) is 0 Å². The van der Waals surface area contributed by atoms with Crippen molar-refractivity contribution >= 4 is 21.4 Å². The monoisotopic (exact) mass is 371 g/mol. The van der Waals surface area contributed by atoms with E-state index in [9.17, 15) is 13.2 Å². The molecule has 2 rings (SSSR count). The van der Waals surface area contributed by atoms with Gasteiger partial charge in [0.2, 0.25) is 5.91 Å². The van der Waals surface area contributed by atoms with Crippen molar-refractivity contribution in [2.45, 2.75) is 11.3 Å². The Morgan fingerprint density at radius 3 is 2.23 bits per heavy atom. The van der Waals surface area contributed by atoms with Gasteiger partial charge in [-0.25, -0.2) is 8.42 Å². The second-order valence-electron chi connectivity index (χ2n) is 6.04. The summed E-state index contributed by atoms with van der Waals surface area (Å²) >= 11 is 0. The lowest BCUT2D eigenvalue weighted by atomic mass is 10.1. The van der Waals surface area contributed by atoms with Gasteiger partial charge in [-0.3, -0.25) is 4.79 Å². The minimum atomic E-state index is -3.41. The van der Waals surface area contributed by atoms with Crippen LogP contribution in [0.5, 0.6) is 0 Å². The molecule has 0 bridgehead atoms. The summed E-state index contributed by atoms with van der Waals surface area (Å²) in [6.45, 7) is 0.262. The number of nitrogens with zero attached hydrogens (tertiary/aromatic N) is 2. The number of sulfone groups is 1. The number of anilines is 1. The molecule has 0 heterocycles. The topological polar surface area (TPSA) is 90.3 Å². The summed E-state index contributed by atoms with van der Waals surface area (Å²) in [5, 5.41) is 11.8. The average molecular weight is 371 g/mol. The van der Waals surface area contributed by atoms with Gasteiger partial charge in [0.1, 0.15) is 0 Å². The maximum absolute atomic E-state index is 12.3. The zero-order chi connectivity index (χ0) is 19.2. The van der Waals surface area contributed by atoms with Crippen molar-refractivity contribution < 1.29 is 13.2 Å². The van der Waals surface area contributed by atoms with Crippen LogP contribution in [0.2, 0.25) is 0 Å².